The third-order valence-corrected chi connectivity index (χ3v) is 3.99. The summed E-state index contributed by atoms with van der Waals surface area (Å²) in [6.07, 6.45) is 3.23. The van der Waals surface area contributed by atoms with E-state index >= 15 is 0 Å². The number of hydrogen-bond donors (Lipinski definition) is 2. The summed E-state index contributed by atoms with van der Waals surface area (Å²) in [4.78, 5) is 17.7. The zero-order chi connectivity index (χ0) is 17.8. The van der Waals surface area contributed by atoms with E-state index in [0.717, 1.165) is 11.3 Å². The number of nitrogens with one attached hydrogen (secondary N) is 2. The van der Waals surface area contributed by atoms with Crippen molar-refractivity contribution in [2.75, 3.05) is 10.6 Å². The Hall–Kier alpha value is -3.25. The Balaban J connectivity index is 1.65. The number of benzene rings is 2. The number of nitrogens with zero attached hydrogens (tertiary/aromatic N) is 4. The standard InChI is InChI=1S/C19H15ClN6/c20-14-6-8-15(9-7-14)24-18-16-17(22-11-10-21-16)25-19(26-18)23-12-13-4-2-1-3-5-13/h1-11H,12H2,(H2,22,23,24,25,26). The van der Waals surface area contributed by atoms with E-state index < -0.39 is 0 Å². The molecule has 0 unspecified atom stereocenters. The van der Waals surface area contributed by atoms with Gasteiger partial charge in [-0.15, -0.1) is 0 Å². The maximum Gasteiger partial charge on any atom is 0.227 e. The smallest absolute Gasteiger partial charge is 0.227 e. The van der Waals surface area contributed by atoms with Crippen LogP contribution in [0.1, 0.15) is 5.56 Å². The lowest BCUT2D eigenvalue weighted by Gasteiger charge is -2.11. The van der Waals surface area contributed by atoms with Crippen molar-refractivity contribution < 1.29 is 0 Å². The molecule has 0 amide bonds. The van der Waals surface area contributed by atoms with Crippen LogP contribution in [0.3, 0.4) is 0 Å². The molecular weight excluding hydrogens is 348 g/mol. The first-order valence-corrected chi connectivity index (χ1v) is 8.45. The highest BCUT2D eigenvalue weighted by Crippen LogP contribution is 2.23. The second-order valence-electron chi connectivity index (χ2n) is 5.60. The first-order chi connectivity index (χ1) is 12.8. The van der Waals surface area contributed by atoms with Crippen LogP contribution in [-0.2, 0) is 6.54 Å². The quantitative estimate of drug-likeness (QED) is 0.547. The summed E-state index contributed by atoms with van der Waals surface area (Å²) in [6, 6.07) is 17.4. The van der Waals surface area contributed by atoms with Crippen LogP contribution in [0.5, 0.6) is 0 Å². The lowest BCUT2D eigenvalue weighted by atomic mass is 10.2. The molecule has 4 aromatic rings. The van der Waals surface area contributed by atoms with E-state index in [1.165, 1.54) is 0 Å². The average Bonchev–Trinajstić information content (AvgIpc) is 2.69. The molecule has 4 rings (SSSR count). The zero-order valence-electron chi connectivity index (χ0n) is 13.7. The minimum Gasteiger partial charge on any atom is -0.350 e. The van der Waals surface area contributed by atoms with Gasteiger partial charge >= 0.3 is 0 Å². The van der Waals surface area contributed by atoms with E-state index in [2.05, 4.69) is 30.6 Å². The largest absolute Gasteiger partial charge is 0.350 e. The highest BCUT2D eigenvalue weighted by molar-refractivity contribution is 6.30. The summed E-state index contributed by atoms with van der Waals surface area (Å²) >= 11 is 5.95. The summed E-state index contributed by atoms with van der Waals surface area (Å²) in [5.74, 6) is 1.07. The van der Waals surface area contributed by atoms with Crippen LogP contribution in [0.15, 0.2) is 67.0 Å². The molecule has 7 heteroatoms. The summed E-state index contributed by atoms with van der Waals surface area (Å²) in [5.41, 5.74) is 3.12. The fourth-order valence-corrected chi connectivity index (χ4v) is 2.60. The minimum absolute atomic E-state index is 0.485. The van der Waals surface area contributed by atoms with Gasteiger partial charge in [0.1, 0.15) is 0 Å². The maximum atomic E-state index is 5.95. The molecular formula is C19H15ClN6. The van der Waals surface area contributed by atoms with E-state index in [1.54, 1.807) is 12.4 Å². The van der Waals surface area contributed by atoms with Gasteiger partial charge in [0, 0.05) is 29.6 Å². The van der Waals surface area contributed by atoms with Crippen molar-refractivity contribution in [1.29, 1.82) is 0 Å². The number of halogens is 1. The van der Waals surface area contributed by atoms with Gasteiger partial charge in [0.05, 0.1) is 0 Å². The molecule has 2 aromatic heterocycles. The molecule has 2 N–H and O–H groups in total. The maximum absolute atomic E-state index is 5.95. The monoisotopic (exact) mass is 362 g/mol. The number of aromatic nitrogens is 4. The van der Waals surface area contributed by atoms with Gasteiger partial charge < -0.3 is 10.6 Å². The van der Waals surface area contributed by atoms with Gasteiger partial charge in [-0.2, -0.15) is 9.97 Å². The van der Waals surface area contributed by atoms with Gasteiger partial charge in [-0.3, -0.25) is 0 Å². The van der Waals surface area contributed by atoms with Crippen LogP contribution in [0.25, 0.3) is 11.2 Å². The second-order valence-corrected chi connectivity index (χ2v) is 6.03. The van der Waals surface area contributed by atoms with Crippen LogP contribution in [-0.4, -0.2) is 19.9 Å². The first kappa shape index (κ1) is 16.2. The van der Waals surface area contributed by atoms with Crippen LogP contribution in [0, 0.1) is 0 Å². The number of fused-ring (bicyclic) bond motifs is 1. The highest BCUT2D eigenvalue weighted by atomic mass is 35.5. The summed E-state index contributed by atoms with van der Waals surface area (Å²) in [5, 5.41) is 7.17. The Labute approximate surface area is 155 Å². The van der Waals surface area contributed by atoms with E-state index in [1.807, 2.05) is 54.6 Å². The molecule has 0 aliphatic carbocycles. The molecule has 0 radical (unpaired) electrons. The lowest BCUT2D eigenvalue weighted by Crippen LogP contribution is -2.07. The molecule has 0 saturated heterocycles. The van der Waals surface area contributed by atoms with Crippen molar-refractivity contribution in [3.05, 3.63) is 77.6 Å². The summed E-state index contributed by atoms with van der Waals surface area (Å²) in [6.45, 7) is 0.618. The molecule has 0 bridgehead atoms. The summed E-state index contributed by atoms with van der Waals surface area (Å²) in [7, 11) is 0. The van der Waals surface area contributed by atoms with Crippen LogP contribution in [0.4, 0.5) is 17.5 Å². The normalized spacial score (nSPS) is 10.7. The number of rotatable bonds is 5. The van der Waals surface area contributed by atoms with Gasteiger partial charge in [-0.1, -0.05) is 41.9 Å². The molecule has 0 spiro atoms. The molecule has 128 valence electrons. The molecule has 0 fully saturated rings. The third kappa shape index (κ3) is 3.70. The van der Waals surface area contributed by atoms with Crippen molar-refractivity contribution in [3.8, 4) is 0 Å². The zero-order valence-corrected chi connectivity index (χ0v) is 14.5. The SMILES string of the molecule is Clc1ccc(Nc2nc(NCc3ccccc3)nc3nccnc23)cc1. The van der Waals surface area contributed by atoms with Crippen LogP contribution >= 0.6 is 11.6 Å². The van der Waals surface area contributed by atoms with Gasteiger partial charge in [0.15, 0.2) is 17.0 Å². The van der Waals surface area contributed by atoms with E-state index in [0.29, 0.717) is 34.5 Å². The molecule has 2 heterocycles. The number of anilines is 3. The molecule has 0 atom stereocenters. The molecule has 26 heavy (non-hydrogen) atoms. The third-order valence-electron chi connectivity index (χ3n) is 3.73. The molecule has 0 aliphatic heterocycles. The molecule has 0 aliphatic rings. The summed E-state index contributed by atoms with van der Waals surface area (Å²) < 4.78 is 0. The predicted molar refractivity (Wildman–Crippen MR) is 104 cm³/mol. The van der Waals surface area contributed by atoms with E-state index in [4.69, 9.17) is 11.6 Å². The molecule has 0 saturated carbocycles. The van der Waals surface area contributed by atoms with Gasteiger partial charge in [0.25, 0.3) is 0 Å². The van der Waals surface area contributed by atoms with Gasteiger partial charge in [-0.05, 0) is 29.8 Å². The van der Waals surface area contributed by atoms with Crippen molar-refractivity contribution in [1.82, 2.24) is 19.9 Å². The molecule has 6 nitrogen and oxygen atoms in total. The Morgan fingerprint density at radius 2 is 1.62 bits per heavy atom. The van der Waals surface area contributed by atoms with Crippen molar-refractivity contribution in [2.24, 2.45) is 0 Å². The topological polar surface area (TPSA) is 75.6 Å². The van der Waals surface area contributed by atoms with Crippen molar-refractivity contribution in [3.63, 3.8) is 0 Å². The minimum atomic E-state index is 0.485. The number of hydrogen-bond acceptors (Lipinski definition) is 6. The predicted octanol–water partition coefficient (Wildman–Crippen LogP) is 4.43. The Bertz CT molecular complexity index is 1020. The first-order valence-electron chi connectivity index (χ1n) is 8.07. The molecule has 2 aromatic carbocycles. The fraction of sp³-hybridized carbons (Fsp3) is 0.0526. The fourth-order valence-electron chi connectivity index (χ4n) is 2.48. The van der Waals surface area contributed by atoms with Crippen molar-refractivity contribution >= 4 is 40.2 Å². The second kappa shape index (κ2) is 7.33. The van der Waals surface area contributed by atoms with E-state index in [-0.39, 0.29) is 0 Å². The Morgan fingerprint density at radius 3 is 2.42 bits per heavy atom. The van der Waals surface area contributed by atoms with Crippen LogP contribution < -0.4 is 10.6 Å². The average molecular weight is 363 g/mol. The Morgan fingerprint density at radius 1 is 0.846 bits per heavy atom. The highest BCUT2D eigenvalue weighted by Gasteiger charge is 2.10. The van der Waals surface area contributed by atoms with Crippen LogP contribution in [0.2, 0.25) is 5.02 Å². The lowest BCUT2D eigenvalue weighted by molar-refractivity contribution is 1.06. The van der Waals surface area contributed by atoms with E-state index in [9.17, 15) is 0 Å². The van der Waals surface area contributed by atoms with Crippen molar-refractivity contribution in [2.45, 2.75) is 6.54 Å². The van der Waals surface area contributed by atoms with Gasteiger partial charge in [0.2, 0.25) is 5.95 Å². The van der Waals surface area contributed by atoms with Gasteiger partial charge in [-0.25, -0.2) is 9.97 Å². The Kier molecular flexibility index (Phi) is 4.57.